The highest BCUT2D eigenvalue weighted by molar-refractivity contribution is 5.38. The fraction of sp³-hybridized carbons (Fsp3) is 0.867. The van der Waals surface area contributed by atoms with Crippen LogP contribution >= 0.6 is 0 Å². The number of aliphatic hydroxyl groups excluding tert-OH is 2. The van der Waals surface area contributed by atoms with Gasteiger partial charge in [-0.25, -0.2) is 0 Å². The molecule has 2 saturated carbocycles. The van der Waals surface area contributed by atoms with Gasteiger partial charge in [-0.05, 0) is 111 Å². The molecule has 0 saturated heterocycles. The van der Waals surface area contributed by atoms with Crippen LogP contribution in [0.25, 0.3) is 0 Å². The van der Waals surface area contributed by atoms with Gasteiger partial charge in [0.15, 0.2) is 0 Å². The Labute approximate surface area is 198 Å². The molecule has 0 heterocycles. The lowest BCUT2D eigenvalue weighted by molar-refractivity contribution is -0.0969. The minimum Gasteiger partial charge on any atom is -0.393 e. The highest BCUT2D eigenvalue weighted by Crippen LogP contribution is 2.72. The zero-order chi connectivity index (χ0) is 23.7. The van der Waals surface area contributed by atoms with Crippen LogP contribution in [0.4, 0.5) is 0 Å². The average Bonchev–Trinajstić information content (AvgIpc) is 3.00. The summed E-state index contributed by atoms with van der Waals surface area (Å²) in [5, 5.41) is 21.9. The molecule has 2 N–H and O–H groups in total. The summed E-state index contributed by atoms with van der Waals surface area (Å²) in [6.07, 6.45) is 12.2. The molecule has 2 heteroatoms. The molecule has 32 heavy (non-hydrogen) atoms. The first-order valence-corrected chi connectivity index (χ1v) is 13.5. The van der Waals surface area contributed by atoms with Gasteiger partial charge >= 0.3 is 0 Å². The molecule has 8 atom stereocenters. The summed E-state index contributed by atoms with van der Waals surface area (Å²) in [5.41, 5.74) is 5.70. The van der Waals surface area contributed by atoms with Gasteiger partial charge in [0, 0.05) is 0 Å². The van der Waals surface area contributed by atoms with Gasteiger partial charge in [-0.1, -0.05) is 64.3 Å². The van der Waals surface area contributed by atoms with Crippen LogP contribution in [0.15, 0.2) is 22.8 Å². The number of allylic oxidation sites excluding steroid dienone is 3. The summed E-state index contributed by atoms with van der Waals surface area (Å²) in [4.78, 5) is 0. The fourth-order valence-corrected chi connectivity index (χ4v) is 9.40. The van der Waals surface area contributed by atoms with Crippen molar-refractivity contribution in [1.82, 2.24) is 0 Å². The highest BCUT2D eigenvalue weighted by atomic mass is 16.3. The van der Waals surface area contributed by atoms with Crippen LogP contribution in [0, 0.1) is 39.4 Å². The Bertz CT molecular complexity index is 802. The Morgan fingerprint density at radius 2 is 1.66 bits per heavy atom. The maximum absolute atomic E-state index is 11.0. The molecule has 0 aromatic rings. The molecule has 0 aromatic heterocycles. The van der Waals surface area contributed by atoms with Crippen molar-refractivity contribution in [1.29, 1.82) is 0 Å². The van der Waals surface area contributed by atoms with Gasteiger partial charge in [-0.2, -0.15) is 0 Å². The first-order valence-electron chi connectivity index (χ1n) is 13.5. The van der Waals surface area contributed by atoms with Crippen molar-refractivity contribution < 1.29 is 10.2 Å². The zero-order valence-corrected chi connectivity index (χ0v) is 22.2. The van der Waals surface area contributed by atoms with Crippen molar-refractivity contribution in [3.63, 3.8) is 0 Å². The lowest BCUT2D eigenvalue weighted by Gasteiger charge is -2.62. The molecule has 0 aromatic carbocycles. The Morgan fingerprint density at radius 1 is 0.969 bits per heavy atom. The Morgan fingerprint density at radius 3 is 2.31 bits per heavy atom. The van der Waals surface area contributed by atoms with E-state index in [0.717, 1.165) is 19.3 Å². The third-order valence-electron chi connectivity index (χ3n) is 11.8. The number of aliphatic hydroxyl groups is 2. The van der Waals surface area contributed by atoms with Crippen LogP contribution in [-0.4, -0.2) is 22.4 Å². The summed E-state index contributed by atoms with van der Waals surface area (Å²) in [7, 11) is 0. The number of fused-ring (bicyclic) bond motifs is 4. The molecule has 2 nitrogen and oxygen atoms in total. The number of hydrogen-bond acceptors (Lipinski definition) is 2. The lowest BCUT2D eigenvalue weighted by atomic mass is 9.43. The predicted molar refractivity (Wildman–Crippen MR) is 134 cm³/mol. The quantitative estimate of drug-likeness (QED) is 0.444. The van der Waals surface area contributed by atoms with E-state index >= 15 is 0 Å². The summed E-state index contributed by atoms with van der Waals surface area (Å²) < 4.78 is 0. The van der Waals surface area contributed by atoms with Gasteiger partial charge in [-0.3, -0.25) is 0 Å². The molecular weight excluding hydrogens is 392 g/mol. The van der Waals surface area contributed by atoms with Crippen molar-refractivity contribution in [2.75, 3.05) is 0 Å². The van der Waals surface area contributed by atoms with E-state index in [-0.39, 0.29) is 33.9 Å². The third kappa shape index (κ3) is 3.33. The lowest BCUT2D eigenvalue weighted by Crippen LogP contribution is -2.55. The predicted octanol–water partition coefficient (Wildman–Crippen LogP) is 7.45. The van der Waals surface area contributed by atoms with Crippen molar-refractivity contribution in [2.24, 2.45) is 39.4 Å². The van der Waals surface area contributed by atoms with E-state index in [4.69, 9.17) is 0 Å². The maximum Gasteiger partial charge on any atom is 0.0603 e. The monoisotopic (exact) mass is 442 g/mol. The minimum atomic E-state index is -0.238. The van der Waals surface area contributed by atoms with Crippen LogP contribution in [0.3, 0.4) is 0 Å². The van der Waals surface area contributed by atoms with Crippen molar-refractivity contribution in [3.05, 3.63) is 22.8 Å². The van der Waals surface area contributed by atoms with E-state index in [0.29, 0.717) is 17.8 Å². The Hall–Kier alpha value is -0.600. The van der Waals surface area contributed by atoms with E-state index in [9.17, 15) is 10.2 Å². The largest absolute Gasteiger partial charge is 0.393 e. The van der Waals surface area contributed by atoms with Gasteiger partial charge < -0.3 is 10.2 Å². The van der Waals surface area contributed by atoms with Gasteiger partial charge in [0.2, 0.25) is 0 Å². The molecular formula is C30H50O2. The van der Waals surface area contributed by atoms with E-state index in [1.165, 1.54) is 44.1 Å². The Balaban J connectivity index is 1.67. The molecule has 0 bridgehead atoms. The molecule has 4 aliphatic rings. The molecule has 182 valence electrons. The van der Waals surface area contributed by atoms with Crippen LogP contribution in [-0.2, 0) is 0 Å². The fourth-order valence-electron chi connectivity index (χ4n) is 9.40. The van der Waals surface area contributed by atoms with Crippen LogP contribution in [0.5, 0.6) is 0 Å². The summed E-state index contributed by atoms with van der Waals surface area (Å²) in [6.45, 7) is 18.9. The first-order chi connectivity index (χ1) is 14.8. The van der Waals surface area contributed by atoms with Gasteiger partial charge in [0.1, 0.15) is 0 Å². The minimum absolute atomic E-state index is 0.00888. The van der Waals surface area contributed by atoms with E-state index in [1.54, 1.807) is 11.1 Å². The molecule has 0 radical (unpaired) electrons. The van der Waals surface area contributed by atoms with Crippen molar-refractivity contribution >= 4 is 0 Å². The molecule has 4 aliphatic carbocycles. The SMILES string of the molecule is CC(C)=CC[C@H](O)C(C)[C@@H]1CC[C@@]2(C)C3=C(CC[C@]12C)[C@@]1(C)CC[C@H](O)C(C)(C)[C@@H]1CC3. The molecule has 0 amide bonds. The summed E-state index contributed by atoms with van der Waals surface area (Å²) in [5.74, 6) is 1.53. The third-order valence-corrected chi connectivity index (χ3v) is 11.8. The second kappa shape index (κ2) is 7.98. The molecule has 0 aliphatic heterocycles. The Kier molecular flexibility index (Phi) is 6.11. The number of hydrogen-bond donors (Lipinski definition) is 2. The van der Waals surface area contributed by atoms with E-state index < -0.39 is 0 Å². The second-order valence-electron chi connectivity index (χ2n) is 13.7. The normalized spacial score (nSPS) is 44.9. The number of rotatable bonds is 4. The van der Waals surface area contributed by atoms with Crippen LogP contribution in [0.1, 0.15) is 113 Å². The second-order valence-corrected chi connectivity index (χ2v) is 13.7. The molecule has 1 unspecified atom stereocenters. The van der Waals surface area contributed by atoms with Gasteiger partial charge in [0.25, 0.3) is 0 Å². The first kappa shape index (κ1) is 24.5. The smallest absolute Gasteiger partial charge is 0.0603 e. The molecule has 4 rings (SSSR count). The van der Waals surface area contributed by atoms with Crippen LogP contribution < -0.4 is 0 Å². The average molecular weight is 443 g/mol. The molecule has 2 fully saturated rings. The highest BCUT2D eigenvalue weighted by Gasteiger charge is 2.63. The molecule has 0 spiro atoms. The van der Waals surface area contributed by atoms with Crippen molar-refractivity contribution in [3.8, 4) is 0 Å². The zero-order valence-electron chi connectivity index (χ0n) is 22.2. The standard InChI is InChI=1S/C30H50O2/c1-19(2)9-11-24(31)20(3)21-13-17-30(8)23-10-12-25-27(4,5)26(32)15-16-28(25,6)22(23)14-18-29(21,30)7/h9,20-21,24-26,31-32H,10-18H2,1-8H3/t20?,21-,24-,25-,26-,28+,29+,30-/m0/s1. The van der Waals surface area contributed by atoms with Crippen molar-refractivity contribution in [2.45, 2.75) is 125 Å². The van der Waals surface area contributed by atoms with E-state index in [1.807, 2.05) is 0 Å². The summed E-state index contributed by atoms with van der Waals surface area (Å²) in [6, 6.07) is 0. The van der Waals surface area contributed by atoms with E-state index in [2.05, 4.69) is 61.5 Å². The van der Waals surface area contributed by atoms with Gasteiger partial charge in [0.05, 0.1) is 12.2 Å². The van der Waals surface area contributed by atoms with Gasteiger partial charge in [-0.15, -0.1) is 0 Å². The summed E-state index contributed by atoms with van der Waals surface area (Å²) >= 11 is 0. The van der Waals surface area contributed by atoms with Crippen LogP contribution in [0.2, 0.25) is 0 Å². The topological polar surface area (TPSA) is 40.5 Å². The maximum atomic E-state index is 11.0.